The molecular weight excluding hydrogens is 574 g/mol. The topological polar surface area (TPSA) is 134 Å². The number of nitrogens with one attached hydrogen (secondary N) is 2. The standard InChI is InChI=1S/C35H51N3O7/c1-10-20-38(31(41)28(23(3)11-2)37-33(43)45-35(7,8)9)29(25-18-15-19-26(39)22-25)30(40)36-27(32(42)44-34(4,5)6)21-24-16-13-12-14-17-24/h12-19,22-23,27-29,39H,10-11,20-21H2,1-9H3,(H,36,40)(H,37,43). The molecule has 10 heteroatoms. The smallest absolute Gasteiger partial charge is 0.408 e. The van der Waals surface area contributed by atoms with Crippen LogP contribution in [0.4, 0.5) is 4.79 Å². The molecule has 0 heterocycles. The van der Waals surface area contributed by atoms with E-state index in [9.17, 15) is 24.3 Å². The fourth-order valence-corrected chi connectivity index (χ4v) is 4.74. The average Bonchev–Trinajstić information content (AvgIpc) is 2.93. The lowest BCUT2D eigenvalue weighted by molar-refractivity contribution is -0.159. The minimum absolute atomic E-state index is 0.0902. The third-order valence-electron chi connectivity index (χ3n) is 6.94. The van der Waals surface area contributed by atoms with Gasteiger partial charge in [0.05, 0.1) is 0 Å². The quantitative estimate of drug-likeness (QED) is 0.244. The predicted octanol–water partition coefficient (Wildman–Crippen LogP) is 5.68. The summed E-state index contributed by atoms with van der Waals surface area (Å²) in [5, 5.41) is 15.9. The molecule has 248 valence electrons. The Balaban J connectivity index is 2.59. The number of esters is 1. The van der Waals surface area contributed by atoms with Crippen LogP contribution in [0.3, 0.4) is 0 Å². The third-order valence-corrected chi connectivity index (χ3v) is 6.94. The zero-order valence-electron chi connectivity index (χ0n) is 28.2. The molecule has 3 amide bonds. The van der Waals surface area contributed by atoms with E-state index in [0.29, 0.717) is 18.4 Å². The number of phenols is 1. The number of hydrogen-bond donors (Lipinski definition) is 3. The first kappa shape index (κ1) is 37.1. The highest BCUT2D eigenvalue weighted by atomic mass is 16.6. The summed E-state index contributed by atoms with van der Waals surface area (Å²) in [5.41, 5.74) is -0.433. The van der Waals surface area contributed by atoms with Gasteiger partial charge in [0.1, 0.15) is 35.1 Å². The molecule has 0 aliphatic heterocycles. The molecule has 4 unspecified atom stereocenters. The Morgan fingerprint density at radius 2 is 1.49 bits per heavy atom. The maximum atomic E-state index is 14.4. The summed E-state index contributed by atoms with van der Waals surface area (Å²) in [5.74, 6) is -2.13. The molecule has 2 aromatic rings. The number of benzene rings is 2. The number of ether oxygens (including phenoxy) is 2. The Kier molecular flexibility index (Phi) is 13.4. The molecule has 0 bridgehead atoms. The molecule has 0 spiro atoms. The van der Waals surface area contributed by atoms with Crippen molar-refractivity contribution in [2.75, 3.05) is 6.54 Å². The van der Waals surface area contributed by atoms with Gasteiger partial charge >= 0.3 is 12.1 Å². The summed E-state index contributed by atoms with van der Waals surface area (Å²) in [4.78, 5) is 56.3. The molecular formula is C35H51N3O7. The lowest BCUT2D eigenvalue weighted by Gasteiger charge is -2.36. The van der Waals surface area contributed by atoms with Gasteiger partial charge in [-0.25, -0.2) is 9.59 Å². The van der Waals surface area contributed by atoms with Gasteiger partial charge in [-0.1, -0.05) is 69.7 Å². The van der Waals surface area contributed by atoms with Crippen molar-refractivity contribution >= 4 is 23.9 Å². The summed E-state index contributed by atoms with van der Waals surface area (Å²) in [6, 6.07) is 12.0. The van der Waals surface area contributed by atoms with Gasteiger partial charge in [-0.3, -0.25) is 9.59 Å². The fraction of sp³-hybridized carbons (Fsp3) is 0.543. The normalized spacial score (nSPS) is 14.3. The molecule has 3 N–H and O–H groups in total. The van der Waals surface area contributed by atoms with Crippen LogP contribution in [-0.4, -0.2) is 63.7 Å². The maximum absolute atomic E-state index is 14.4. The Morgan fingerprint density at radius 1 is 0.867 bits per heavy atom. The number of rotatable bonds is 13. The Hall–Kier alpha value is -4.08. The number of phenolic OH excluding ortho intramolecular Hbond substituents is 1. The molecule has 2 rings (SSSR count). The van der Waals surface area contributed by atoms with Crippen molar-refractivity contribution in [3.05, 3.63) is 65.7 Å². The molecule has 10 nitrogen and oxygen atoms in total. The van der Waals surface area contributed by atoms with Crippen LogP contribution < -0.4 is 10.6 Å². The first-order chi connectivity index (χ1) is 21.0. The zero-order chi connectivity index (χ0) is 33.9. The first-order valence-electron chi connectivity index (χ1n) is 15.6. The van der Waals surface area contributed by atoms with Gasteiger partial charge in [0, 0.05) is 13.0 Å². The largest absolute Gasteiger partial charge is 0.508 e. The molecule has 45 heavy (non-hydrogen) atoms. The SMILES string of the molecule is CCCN(C(=O)C(NC(=O)OC(C)(C)C)C(C)CC)C(C(=O)NC(Cc1ccccc1)C(=O)OC(C)(C)C)c1cccc(O)c1. The van der Waals surface area contributed by atoms with Crippen LogP contribution in [0.25, 0.3) is 0 Å². The molecule has 4 atom stereocenters. The van der Waals surface area contributed by atoms with Crippen LogP contribution in [0.1, 0.15) is 92.3 Å². The van der Waals surface area contributed by atoms with E-state index >= 15 is 0 Å². The maximum Gasteiger partial charge on any atom is 0.408 e. The van der Waals surface area contributed by atoms with E-state index in [0.717, 1.165) is 5.56 Å². The van der Waals surface area contributed by atoms with Gasteiger partial charge in [0.15, 0.2) is 0 Å². The molecule has 2 aromatic carbocycles. The van der Waals surface area contributed by atoms with Crippen LogP contribution in [0.2, 0.25) is 0 Å². The number of hydrogen-bond acceptors (Lipinski definition) is 7. The number of alkyl carbamates (subject to hydrolysis) is 1. The molecule has 0 radical (unpaired) electrons. The van der Waals surface area contributed by atoms with Gasteiger partial charge in [0.25, 0.3) is 0 Å². The predicted molar refractivity (Wildman–Crippen MR) is 173 cm³/mol. The highest BCUT2D eigenvalue weighted by Crippen LogP contribution is 2.28. The number of aromatic hydroxyl groups is 1. The van der Waals surface area contributed by atoms with Crippen molar-refractivity contribution in [2.24, 2.45) is 5.92 Å². The third kappa shape index (κ3) is 12.1. The second-order valence-electron chi connectivity index (χ2n) is 13.3. The van der Waals surface area contributed by atoms with Crippen LogP contribution in [0, 0.1) is 5.92 Å². The second kappa shape index (κ2) is 16.3. The summed E-state index contributed by atoms with van der Waals surface area (Å²) in [6.45, 7) is 16.2. The summed E-state index contributed by atoms with van der Waals surface area (Å²) >= 11 is 0. The summed E-state index contributed by atoms with van der Waals surface area (Å²) in [6.07, 6.45) is 0.468. The van der Waals surface area contributed by atoms with Crippen LogP contribution in [-0.2, 0) is 30.3 Å². The van der Waals surface area contributed by atoms with E-state index < -0.39 is 53.2 Å². The van der Waals surface area contributed by atoms with Crippen molar-refractivity contribution in [3.8, 4) is 5.75 Å². The number of carbonyl (C=O) groups excluding carboxylic acids is 4. The number of amides is 3. The van der Waals surface area contributed by atoms with Gasteiger partial charge in [-0.2, -0.15) is 0 Å². The van der Waals surface area contributed by atoms with Gasteiger partial charge in [-0.05, 0) is 77.1 Å². The van der Waals surface area contributed by atoms with Crippen molar-refractivity contribution in [1.82, 2.24) is 15.5 Å². The Bertz CT molecular complexity index is 1280. The lowest BCUT2D eigenvalue weighted by atomic mass is 9.95. The van der Waals surface area contributed by atoms with Crippen molar-refractivity contribution < 1.29 is 33.8 Å². The molecule has 0 aromatic heterocycles. The van der Waals surface area contributed by atoms with E-state index in [-0.39, 0.29) is 24.6 Å². The van der Waals surface area contributed by atoms with E-state index in [2.05, 4.69) is 10.6 Å². The molecule has 0 saturated carbocycles. The van der Waals surface area contributed by atoms with E-state index in [1.807, 2.05) is 51.1 Å². The van der Waals surface area contributed by atoms with Crippen LogP contribution in [0.15, 0.2) is 54.6 Å². The van der Waals surface area contributed by atoms with Crippen LogP contribution >= 0.6 is 0 Å². The minimum Gasteiger partial charge on any atom is -0.508 e. The minimum atomic E-state index is -1.24. The molecule has 0 aliphatic carbocycles. The van der Waals surface area contributed by atoms with E-state index in [1.165, 1.54) is 17.0 Å². The van der Waals surface area contributed by atoms with Crippen LogP contribution in [0.5, 0.6) is 5.75 Å². The van der Waals surface area contributed by atoms with Gasteiger partial charge in [-0.15, -0.1) is 0 Å². The van der Waals surface area contributed by atoms with E-state index in [1.54, 1.807) is 53.7 Å². The lowest BCUT2D eigenvalue weighted by Crippen LogP contribution is -2.56. The summed E-state index contributed by atoms with van der Waals surface area (Å²) < 4.78 is 11.1. The fourth-order valence-electron chi connectivity index (χ4n) is 4.74. The van der Waals surface area contributed by atoms with Gasteiger partial charge < -0.3 is 30.1 Å². The van der Waals surface area contributed by atoms with E-state index in [4.69, 9.17) is 9.47 Å². The zero-order valence-corrected chi connectivity index (χ0v) is 28.2. The highest BCUT2D eigenvalue weighted by Gasteiger charge is 2.39. The van der Waals surface area contributed by atoms with Crippen molar-refractivity contribution in [1.29, 1.82) is 0 Å². The average molecular weight is 626 g/mol. The Labute approximate surface area is 267 Å². The number of carbonyl (C=O) groups is 4. The second-order valence-corrected chi connectivity index (χ2v) is 13.3. The molecule has 0 aliphatic rings. The monoisotopic (exact) mass is 625 g/mol. The molecule has 0 saturated heterocycles. The highest BCUT2D eigenvalue weighted by molar-refractivity contribution is 5.94. The van der Waals surface area contributed by atoms with Crippen molar-refractivity contribution in [3.63, 3.8) is 0 Å². The Morgan fingerprint density at radius 3 is 2.02 bits per heavy atom. The van der Waals surface area contributed by atoms with Gasteiger partial charge in [0.2, 0.25) is 11.8 Å². The summed E-state index contributed by atoms with van der Waals surface area (Å²) in [7, 11) is 0. The first-order valence-corrected chi connectivity index (χ1v) is 15.6. The molecule has 0 fully saturated rings. The number of nitrogens with zero attached hydrogens (tertiary/aromatic N) is 1. The van der Waals surface area contributed by atoms with Crippen molar-refractivity contribution in [2.45, 2.75) is 111 Å².